The van der Waals surface area contributed by atoms with E-state index in [2.05, 4.69) is 14.8 Å². The first-order valence-electron chi connectivity index (χ1n) is 12.0. The van der Waals surface area contributed by atoms with Gasteiger partial charge >= 0.3 is 12.5 Å². The maximum atomic E-state index is 14.7. The number of ether oxygens (including phenoxy) is 3. The Morgan fingerprint density at radius 3 is 2.45 bits per heavy atom. The number of nitrogens with zero attached hydrogens (tertiary/aromatic N) is 3. The fourth-order valence-corrected chi connectivity index (χ4v) is 5.28. The highest BCUT2D eigenvalue weighted by atomic mass is 32.2. The molecular formula is C26H25F6N3O4S. The van der Waals surface area contributed by atoms with Crippen LogP contribution in [-0.4, -0.2) is 62.4 Å². The number of hydrogen-bond donors (Lipinski definition) is 1. The number of hydrogen-bond acceptors (Lipinski definition) is 7. The first kappa shape index (κ1) is 29.9. The highest BCUT2D eigenvalue weighted by Crippen LogP contribution is 2.38. The van der Waals surface area contributed by atoms with Gasteiger partial charge < -0.3 is 19.3 Å². The van der Waals surface area contributed by atoms with Gasteiger partial charge in [0.2, 0.25) is 0 Å². The second-order valence-electron chi connectivity index (χ2n) is 8.97. The number of aromatic nitrogens is 3. The molecule has 0 bridgehead atoms. The molecule has 3 aromatic rings. The van der Waals surface area contributed by atoms with E-state index in [1.54, 1.807) is 19.1 Å². The van der Waals surface area contributed by atoms with E-state index in [1.807, 2.05) is 0 Å². The molecule has 1 saturated heterocycles. The van der Waals surface area contributed by atoms with Crippen molar-refractivity contribution in [2.45, 2.75) is 48.4 Å². The molecule has 216 valence electrons. The number of benzene rings is 2. The van der Waals surface area contributed by atoms with Crippen molar-refractivity contribution in [3.63, 3.8) is 0 Å². The Hall–Kier alpha value is -3.07. The van der Waals surface area contributed by atoms with Gasteiger partial charge in [-0.3, -0.25) is 0 Å². The van der Waals surface area contributed by atoms with Crippen LogP contribution in [0.5, 0.6) is 5.75 Å². The van der Waals surface area contributed by atoms with Crippen LogP contribution in [0.15, 0.2) is 61.2 Å². The van der Waals surface area contributed by atoms with E-state index in [-0.39, 0.29) is 30.6 Å². The Morgan fingerprint density at radius 2 is 1.85 bits per heavy atom. The molecule has 1 aromatic heterocycles. The second-order valence-corrected chi connectivity index (χ2v) is 10.6. The molecule has 4 rings (SSSR count). The summed E-state index contributed by atoms with van der Waals surface area (Å²) in [6.45, 7) is 2.03. The van der Waals surface area contributed by atoms with Gasteiger partial charge in [-0.15, -0.1) is 11.8 Å². The minimum atomic E-state index is -4.59. The third-order valence-corrected chi connectivity index (χ3v) is 7.52. The zero-order valence-electron chi connectivity index (χ0n) is 21.0. The van der Waals surface area contributed by atoms with Crippen molar-refractivity contribution in [2.24, 2.45) is 0 Å². The lowest BCUT2D eigenvalue weighted by Crippen LogP contribution is -2.43. The molecular weight excluding hydrogens is 564 g/mol. The van der Waals surface area contributed by atoms with Crippen molar-refractivity contribution < 1.29 is 45.7 Å². The second kappa shape index (κ2) is 12.6. The normalized spacial score (nSPS) is 20.5. The molecule has 2 aromatic carbocycles. The standard InChI is InChI=1S/C26H25F6N3O4S/c1-16(25(36,13-35-15-33-14-34-35)21-8-5-18(27)10-22(21)28)40-20-11-37-23(38-12-20)9-4-17-2-6-19(7-3-17)39-26(31,32)24(29)30/h2-10,14-16,20,23-24,36H,11-13H2,1H3/b9-4+/t16-,20?,23?,25-/m1/s1. The highest BCUT2D eigenvalue weighted by molar-refractivity contribution is 8.00. The molecule has 40 heavy (non-hydrogen) atoms. The van der Waals surface area contributed by atoms with Crippen LogP contribution in [0.2, 0.25) is 0 Å². The minimum absolute atomic E-state index is 0.0859. The number of rotatable bonds is 11. The fourth-order valence-electron chi connectivity index (χ4n) is 3.96. The average molecular weight is 590 g/mol. The van der Waals surface area contributed by atoms with Gasteiger partial charge in [-0.1, -0.05) is 31.2 Å². The van der Waals surface area contributed by atoms with E-state index >= 15 is 0 Å². The number of thioether (sulfide) groups is 1. The molecule has 0 aliphatic carbocycles. The molecule has 14 heteroatoms. The van der Waals surface area contributed by atoms with Crippen LogP contribution >= 0.6 is 11.8 Å². The first-order chi connectivity index (χ1) is 19.0. The zero-order valence-corrected chi connectivity index (χ0v) is 21.8. The summed E-state index contributed by atoms with van der Waals surface area (Å²) >= 11 is 1.31. The van der Waals surface area contributed by atoms with Gasteiger partial charge in [-0.2, -0.15) is 22.7 Å². The van der Waals surface area contributed by atoms with Crippen LogP contribution in [0.1, 0.15) is 18.1 Å². The summed E-state index contributed by atoms with van der Waals surface area (Å²) in [6, 6.07) is 8.07. The van der Waals surface area contributed by atoms with Gasteiger partial charge in [-0.25, -0.2) is 18.4 Å². The molecule has 1 aliphatic rings. The lowest BCUT2D eigenvalue weighted by Gasteiger charge is -2.37. The molecule has 0 radical (unpaired) electrons. The Kier molecular flexibility index (Phi) is 9.44. The van der Waals surface area contributed by atoms with Crippen molar-refractivity contribution >= 4 is 17.8 Å². The van der Waals surface area contributed by atoms with Crippen LogP contribution < -0.4 is 4.74 Å². The summed E-state index contributed by atoms with van der Waals surface area (Å²) in [4.78, 5) is 3.85. The van der Waals surface area contributed by atoms with Crippen molar-refractivity contribution in [3.05, 3.63) is 84.0 Å². The third-order valence-electron chi connectivity index (χ3n) is 6.06. The van der Waals surface area contributed by atoms with Gasteiger partial charge in [0, 0.05) is 16.9 Å². The van der Waals surface area contributed by atoms with Gasteiger partial charge in [-0.05, 0) is 29.8 Å². The highest BCUT2D eigenvalue weighted by Gasteiger charge is 2.44. The fraction of sp³-hybridized carbons (Fsp3) is 0.385. The molecule has 0 unspecified atom stereocenters. The summed E-state index contributed by atoms with van der Waals surface area (Å²) in [5, 5.41) is 14.8. The third kappa shape index (κ3) is 7.36. The van der Waals surface area contributed by atoms with Gasteiger partial charge in [0.05, 0.1) is 25.0 Å². The summed E-state index contributed by atoms with van der Waals surface area (Å²) < 4.78 is 95.7. The van der Waals surface area contributed by atoms with E-state index in [1.165, 1.54) is 47.3 Å². The Balaban J connectivity index is 1.35. The predicted molar refractivity (Wildman–Crippen MR) is 134 cm³/mol. The molecule has 0 spiro atoms. The van der Waals surface area contributed by atoms with Crippen LogP contribution in [0.4, 0.5) is 26.3 Å². The monoisotopic (exact) mass is 589 g/mol. The van der Waals surface area contributed by atoms with Crippen molar-refractivity contribution in [1.29, 1.82) is 0 Å². The molecule has 0 amide bonds. The molecule has 1 aliphatic heterocycles. The molecule has 0 saturated carbocycles. The molecule has 2 heterocycles. The number of alkyl halides is 4. The van der Waals surface area contributed by atoms with Crippen LogP contribution in [0.25, 0.3) is 6.08 Å². The quantitative estimate of drug-likeness (QED) is 0.306. The average Bonchev–Trinajstić information content (AvgIpc) is 3.41. The van der Waals surface area contributed by atoms with Crippen LogP contribution in [0, 0.1) is 11.6 Å². The lowest BCUT2D eigenvalue weighted by atomic mass is 9.90. The van der Waals surface area contributed by atoms with E-state index in [4.69, 9.17) is 9.47 Å². The lowest BCUT2D eigenvalue weighted by molar-refractivity contribution is -0.253. The Morgan fingerprint density at radius 1 is 1.15 bits per heavy atom. The molecule has 1 fully saturated rings. The molecule has 1 N–H and O–H groups in total. The molecule has 7 nitrogen and oxygen atoms in total. The largest absolute Gasteiger partial charge is 0.461 e. The Bertz CT molecular complexity index is 1270. The van der Waals surface area contributed by atoms with Gasteiger partial charge in [0.15, 0.2) is 6.29 Å². The van der Waals surface area contributed by atoms with Gasteiger partial charge in [0.1, 0.15) is 35.6 Å². The van der Waals surface area contributed by atoms with E-state index in [0.717, 1.165) is 18.2 Å². The van der Waals surface area contributed by atoms with E-state index in [9.17, 15) is 31.4 Å². The summed E-state index contributed by atoms with van der Waals surface area (Å²) in [5.41, 5.74) is -1.30. The molecule has 2 atom stereocenters. The summed E-state index contributed by atoms with van der Waals surface area (Å²) in [7, 11) is 0. The smallest absolute Gasteiger partial charge is 0.428 e. The van der Waals surface area contributed by atoms with Crippen molar-refractivity contribution in [3.8, 4) is 5.75 Å². The maximum Gasteiger partial charge on any atom is 0.461 e. The number of aliphatic hydroxyl groups is 1. The Labute approximate surface area is 229 Å². The van der Waals surface area contributed by atoms with E-state index in [0.29, 0.717) is 11.6 Å². The van der Waals surface area contributed by atoms with E-state index < -0.39 is 47.1 Å². The van der Waals surface area contributed by atoms with Crippen LogP contribution in [0.3, 0.4) is 0 Å². The van der Waals surface area contributed by atoms with Crippen LogP contribution in [-0.2, 0) is 21.6 Å². The summed E-state index contributed by atoms with van der Waals surface area (Å²) in [5.74, 6) is -2.07. The summed E-state index contributed by atoms with van der Waals surface area (Å²) in [6.07, 6.45) is -3.42. The maximum absolute atomic E-state index is 14.7. The number of halogens is 6. The minimum Gasteiger partial charge on any atom is -0.428 e. The zero-order chi connectivity index (χ0) is 28.9. The van der Waals surface area contributed by atoms with Crippen molar-refractivity contribution in [2.75, 3.05) is 13.2 Å². The predicted octanol–water partition coefficient (Wildman–Crippen LogP) is 5.26. The van der Waals surface area contributed by atoms with Crippen molar-refractivity contribution in [1.82, 2.24) is 14.8 Å². The topological polar surface area (TPSA) is 78.6 Å². The first-order valence-corrected chi connectivity index (χ1v) is 12.9. The SMILES string of the molecule is C[C@@H](SC1COC(/C=C/c2ccc(OC(F)(F)C(F)F)cc2)OC1)[C@](O)(Cn1cncn1)c1ccc(F)cc1F. The van der Waals surface area contributed by atoms with Gasteiger partial charge in [0.25, 0.3) is 0 Å².